The number of furan rings is 1. The van der Waals surface area contributed by atoms with Gasteiger partial charge in [-0.1, -0.05) is 12.1 Å². The normalized spacial score (nSPS) is 10.4. The van der Waals surface area contributed by atoms with E-state index in [2.05, 4.69) is 15.4 Å². The van der Waals surface area contributed by atoms with Crippen LogP contribution in [-0.4, -0.2) is 20.7 Å². The molecule has 0 atom stereocenters. The molecule has 1 aromatic carbocycles. The fourth-order valence-corrected chi connectivity index (χ4v) is 1.80. The molecule has 0 aliphatic carbocycles. The van der Waals surface area contributed by atoms with E-state index < -0.39 is 0 Å². The van der Waals surface area contributed by atoms with Crippen molar-refractivity contribution in [3.8, 4) is 0 Å². The highest BCUT2D eigenvalue weighted by Crippen LogP contribution is 2.12. The molecule has 0 spiro atoms. The molecule has 2 heterocycles. The lowest BCUT2D eigenvalue weighted by atomic mass is 10.2. The molecule has 0 saturated carbocycles. The molecule has 0 fully saturated rings. The zero-order chi connectivity index (χ0) is 13.8. The lowest BCUT2D eigenvalue weighted by molar-refractivity contribution is 0.0996. The predicted octanol–water partition coefficient (Wildman–Crippen LogP) is 2.17. The van der Waals surface area contributed by atoms with Crippen LogP contribution in [0.5, 0.6) is 0 Å². The van der Waals surface area contributed by atoms with Crippen LogP contribution in [0.1, 0.15) is 16.1 Å². The summed E-state index contributed by atoms with van der Waals surface area (Å²) in [6.07, 6.45) is 4.63. The Kier molecular flexibility index (Phi) is 3.28. The van der Waals surface area contributed by atoms with Crippen LogP contribution in [0, 0.1) is 0 Å². The summed E-state index contributed by atoms with van der Waals surface area (Å²) >= 11 is 0. The van der Waals surface area contributed by atoms with Crippen molar-refractivity contribution in [2.75, 3.05) is 5.32 Å². The summed E-state index contributed by atoms with van der Waals surface area (Å²) in [5, 5.41) is 6.80. The molecule has 0 unspecified atom stereocenters. The SMILES string of the molecule is O=C(Nc1ccc(Cn2cncn2)cc1)c1ccco1. The summed E-state index contributed by atoms with van der Waals surface area (Å²) in [7, 11) is 0. The highest BCUT2D eigenvalue weighted by atomic mass is 16.3. The Morgan fingerprint density at radius 2 is 2.10 bits per heavy atom. The van der Waals surface area contributed by atoms with Crippen LogP contribution in [0.25, 0.3) is 0 Å². The fourth-order valence-electron chi connectivity index (χ4n) is 1.80. The second-order valence-corrected chi connectivity index (χ2v) is 4.22. The molecule has 0 bridgehead atoms. The Morgan fingerprint density at radius 1 is 1.25 bits per heavy atom. The molecule has 2 aromatic heterocycles. The van der Waals surface area contributed by atoms with Crippen LogP contribution in [0.3, 0.4) is 0 Å². The standard InChI is InChI=1S/C14H12N4O2/c19-14(13-2-1-7-20-13)17-12-5-3-11(4-6-12)8-18-10-15-9-16-18/h1-7,9-10H,8H2,(H,17,19). The van der Waals surface area contributed by atoms with Crippen molar-refractivity contribution in [3.63, 3.8) is 0 Å². The molecular weight excluding hydrogens is 256 g/mol. The average Bonchev–Trinajstić information content (AvgIpc) is 3.13. The number of aromatic nitrogens is 3. The van der Waals surface area contributed by atoms with Gasteiger partial charge in [-0.2, -0.15) is 5.10 Å². The third kappa shape index (κ3) is 2.74. The van der Waals surface area contributed by atoms with Crippen molar-refractivity contribution in [1.29, 1.82) is 0 Å². The molecule has 1 amide bonds. The van der Waals surface area contributed by atoms with Crippen molar-refractivity contribution in [2.45, 2.75) is 6.54 Å². The maximum Gasteiger partial charge on any atom is 0.291 e. The summed E-state index contributed by atoms with van der Waals surface area (Å²) in [6, 6.07) is 10.8. The van der Waals surface area contributed by atoms with Gasteiger partial charge in [-0.15, -0.1) is 0 Å². The smallest absolute Gasteiger partial charge is 0.291 e. The first-order valence-corrected chi connectivity index (χ1v) is 6.07. The van der Waals surface area contributed by atoms with Gasteiger partial charge in [0.15, 0.2) is 5.76 Å². The number of carbonyl (C=O) groups is 1. The number of amides is 1. The van der Waals surface area contributed by atoms with Crippen molar-refractivity contribution in [2.24, 2.45) is 0 Å². The van der Waals surface area contributed by atoms with Crippen molar-refractivity contribution < 1.29 is 9.21 Å². The zero-order valence-corrected chi connectivity index (χ0v) is 10.6. The van der Waals surface area contributed by atoms with E-state index >= 15 is 0 Å². The van der Waals surface area contributed by atoms with Crippen molar-refractivity contribution in [3.05, 3.63) is 66.6 Å². The van der Waals surface area contributed by atoms with Gasteiger partial charge in [0.1, 0.15) is 12.7 Å². The molecule has 3 rings (SSSR count). The van der Waals surface area contributed by atoms with E-state index in [0.717, 1.165) is 5.56 Å². The Balaban J connectivity index is 1.65. The number of carbonyl (C=O) groups excluding carboxylic acids is 1. The van der Waals surface area contributed by atoms with E-state index in [1.54, 1.807) is 23.1 Å². The van der Waals surface area contributed by atoms with E-state index in [1.807, 2.05) is 24.3 Å². The summed E-state index contributed by atoms with van der Waals surface area (Å²) in [5.41, 5.74) is 1.79. The molecule has 1 N–H and O–H groups in total. The topological polar surface area (TPSA) is 73.0 Å². The Morgan fingerprint density at radius 3 is 2.75 bits per heavy atom. The first-order chi connectivity index (χ1) is 9.81. The Hall–Kier alpha value is -2.89. The van der Waals surface area contributed by atoms with Crippen LogP contribution in [0.2, 0.25) is 0 Å². The molecule has 0 radical (unpaired) electrons. The number of benzene rings is 1. The molecule has 6 nitrogen and oxygen atoms in total. The first-order valence-electron chi connectivity index (χ1n) is 6.07. The minimum atomic E-state index is -0.265. The van der Waals surface area contributed by atoms with E-state index in [0.29, 0.717) is 12.2 Å². The summed E-state index contributed by atoms with van der Waals surface area (Å²) < 4.78 is 6.76. The molecule has 0 aliphatic heterocycles. The average molecular weight is 268 g/mol. The fraction of sp³-hybridized carbons (Fsp3) is 0.0714. The van der Waals surface area contributed by atoms with Gasteiger partial charge < -0.3 is 9.73 Å². The van der Waals surface area contributed by atoms with E-state index in [9.17, 15) is 4.79 Å². The quantitative estimate of drug-likeness (QED) is 0.787. The molecule has 0 saturated heterocycles. The highest BCUT2D eigenvalue weighted by Gasteiger charge is 2.08. The number of hydrogen-bond acceptors (Lipinski definition) is 4. The van der Waals surface area contributed by atoms with Gasteiger partial charge in [-0.25, -0.2) is 9.67 Å². The monoisotopic (exact) mass is 268 g/mol. The van der Waals surface area contributed by atoms with Crippen LogP contribution in [0.15, 0.2) is 59.7 Å². The molecule has 3 aromatic rings. The van der Waals surface area contributed by atoms with Crippen LogP contribution in [0.4, 0.5) is 5.69 Å². The summed E-state index contributed by atoms with van der Waals surface area (Å²) in [4.78, 5) is 15.7. The molecule has 0 aliphatic rings. The van der Waals surface area contributed by atoms with Gasteiger partial charge in [0.25, 0.3) is 5.91 Å². The molecule has 100 valence electrons. The van der Waals surface area contributed by atoms with E-state index in [1.165, 1.54) is 12.6 Å². The number of hydrogen-bond donors (Lipinski definition) is 1. The van der Waals surface area contributed by atoms with Gasteiger partial charge >= 0.3 is 0 Å². The van der Waals surface area contributed by atoms with Gasteiger partial charge in [0.2, 0.25) is 0 Å². The zero-order valence-electron chi connectivity index (χ0n) is 10.6. The summed E-state index contributed by atoms with van der Waals surface area (Å²) in [6.45, 7) is 0.645. The second kappa shape index (κ2) is 5.40. The third-order valence-electron chi connectivity index (χ3n) is 2.77. The Labute approximate surface area is 115 Å². The van der Waals surface area contributed by atoms with Crippen LogP contribution >= 0.6 is 0 Å². The van der Waals surface area contributed by atoms with Gasteiger partial charge in [-0.3, -0.25) is 4.79 Å². The third-order valence-corrected chi connectivity index (χ3v) is 2.77. The lowest BCUT2D eigenvalue weighted by Gasteiger charge is -2.05. The first kappa shape index (κ1) is 12.2. The van der Waals surface area contributed by atoms with Crippen molar-refractivity contribution >= 4 is 11.6 Å². The highest BCUT2D eigenvalue weighted by molar-refractivity contribution is 6.02. The number of nitrogens with one attached hydrogen (secondary N) is 1. The Bertz CT molecular complexity index is 673. The summed E-state index contributed by atoms with van der Waals surface area (Å²) in [5.74, 6) is 0.0238. The van der Waals surface area contributed by atoms with Crippen molar-refractivity contribution in [1.82, 2.24) is 14.8 Å². The van der Waals surface area contributed by atoms with Gasteiger partial charge in [0, 0.05) is 5.69 Å². The molecular formula is C14H12N4O2. The molecule has 20 heavy (non-hydrogen) atoms. The van der Waals surface area contributed by atoms with Crippen LogP contribution in [-0.2, 0) is 6.54 Å². The lowest BCUT2D eigenvalue weighted by Crippen LogP contribution is -2.10. The minimum absolute atomic E-state index is 0.265. The number of rotatable bonds is 4. The maximum absolute atomic E-state index is 11.8. The number of anilines is 1. The van der Waals surface area contributed by atoms with Crippen LogP contribution < -0.4 is 5.32 Å². The van der Waals surface area contributed by atoms with Gasteiger partial charge in [0.05, 0.1) is 12.8 Å². The van der Waals surface area contributed by atoms with E-state index in [-0.39, 0.29) is 11.7 Å². The maximum atomic E-state index is 11.8. The predicted molar refractivity (Wildman–Crippen MR) is 72.2 cm³/mol. The number of nitrogens with zero attached hydrogens (tertiary/aromatic N) is 3. The van der Waals surface area contributed by atoms with E-state index in [4.69, 9.17) is 4.42 Å². The van der Waals surface area contributed by atoms with Gasteiger partial charge in [-0.05, 0) is 29.8 Å². The second-order valence-electron chi connectivity index (χ2n) is 4.22. The largest absolute Gasteiger partial charge is 0.459 e. The minimum Gasteiger partial charge on any atom is -0.459 e. The molecule has 6 heteroatoms.